The minimum absolute atomic E-state index is 0.0938. The Morgan fingerprint density at radius 2 is 1.62 bits per heavy atom. The first-order valence-electron chi connectivity index (χ1n) is 6.91. The van der Waals surface area contributed by atoms with Crippen LogP contribution >= 0.6 is 0 Å². The van der Waals surface area contributed by atoms with E-state index in [1.807, 2.05) is 0 Å². The number of amides is 2. The van der Waals surface area contributed by atoms with Crippen molar-refractivity contribution in [3.05, 3.63) is 35.4 Å². The van der Waals surface area contributed by atoms with Crippen LogP contribution in [0, 0.1) is 0 Å². The smallest absolute Gasteiger partial charge is 0.251 e. The molecule has 0 atom stereocenters. The van der Waals surface area contributed by atoms with E-state index < -0.39 is 11.1 Å². The standard InChI is InChI=1S/C16H24N2O3/c1-11(19)17-10-12-6-8-13(9-7-12)14(20)18-15(2,3)16(4,5)21/h6-9,21H,10H2,1-5H3,(H,17,19)(H,18,20). The number of nitrogens with one attached hydrogen (secondary N) is 2. The van der Waals surface area contributed by atoms with E-state index in [1.165, 1.54) is 6.92 Å². The van der Waals surface area contributed by atoms with Crippen LogP contribution in [0.2, 0.25) is 0 Å². The Morgan fingerprint density at radius 1 is 1.10 bits per heavy atom. The second kappa shape index (κ2) is 6.26. The van der Waals surface area contributed by atoms with Crippen molar-refractivity contribution in [1.29, 1.82) is 0 Å². The lowest BCUT2D eigenvalue weighted by Gasteiger charge is -2.38. The lowest BCUT2D eigenvalue weighted by atomic mass is 9.85. The molecule has 0 fully saturated rings. The summed E-state index contributed by atoms with van der Waals surface area (Å²) in [6.07, 6.45) is 0. The van der Waals surface area contributed by atoms with Crippen LogP contribution in [0.5, 0.6) is 0 Å². The Labute approximate surface area is 125 Å². The minimum Gasteiger partial charge on any atom is -0.388 e. The van der Waals surface area contributed by atoms with Gasteiger partial charge in [0.05, 0.1) is 11.1 Å². The van der Waals surface area contributed by atoms with Gasteiger partial charge in [0.1, 0.15) is 0 Å². The van der Waals surface area contributed by atoms with E-state index in [9.17, 15) is 14.7 Å². The van der Waals surface area contributed by atoms with Gasteiger partial charge in [0, 0.05) is 19.0 Å². The SMILES string of the molecule is CC(=O)NCc1ccc(C(=O)NC(C)(C)C(C)(C)O)cc1. The van der Waals surface area contributed by atoms with Gasteiger partial charge in [-0.1, -0.05) is 12.1 Å². The quantitative estimate of drug-likeness (QED) is 0.771. The summed E-state index contributed by atoms with van der Waals surface area (Å²) in [6.45, 7) is 8.76. The van der Waals surface area contributed by atoms with E-state index >= 15 is 0 Å². The number of benzene rings is 1. The van der Waals surface area contributed by atoms with Gasteiger partial charge < -0.3 is 15.7 Å². The molecule has 0 spiro atoms. The maximum absolute atomic E-state index is 12.2. The zero-order valence-electron chi connectivity index (χ0n) is 13.3. The monoisotopic (exact) mass is 292 g/mol. The molecule has 116 valence electrons. The van der Waals surface area contributed by atoms with Crippen molar-refractivity contribution in [1.82, 2.24) is 10.6 Å². The fraction of sp³-hybridized carbons (Fsp3) is 0.500. The summed E-state index contributed by atoms with van der Waals surface area (Å²) in [5, 5.41) is 15.6. The predicted octanol–water partition coefficient (Wildman–Crippen LogP) is 1.60. The van der Waals surface area contributed by atoms with E-state index in [0.29, 0.717) is 12.1 Å². The van der Waals surface area contributed by atoms with Crippen LogP contribution in [0.25, 0.3) is 0 Å². The fourth-order valence-corrected chi connectivity index (χ4v) is 1.51. The molecule has 0 aromatic heterocycles. The van der Waals surface area contributed by atoms with Crippen molar-refractivity contribution in [3.63, 3.8) is 0 Å². The topological polar surface area (TPSA) is 78.4 Å². The fourth-order valence-electron chi connectivity index (χ4n) is 1.51. The molecular weight excluding hydrogens is 268 g/mol. The number of carbonyl (C=O) groups is 2. The normalized spacial score (nSPS) is 11.9. The molecule has 0 unspecified atom stereocenters. The number of hydrogen-bond acceptors (Lipinski definition) is 3. The number of rotatable bonds is 5. The molecule has 0 heterocycles. The van der Waals surface area contributed by atoms with Gasteiger partial charge in [-0.2, -0.15) is 0 Å². The van der Waals surface area contributed by atoms with Gasteiger partial charge in [0.15, 0.2) is 0 Å². The molecule has 5 nitrogen and oxygen atoms in total. The number of hydrogen-bond donors (Lipinski definition) is 3. The second-order valence-corrected chi connectivity index (χ2v) is 6.24. The predicted molar refractivity (Wildman–Crippen MR) is 81.8 cm³/mol. The van der Waals surface area contributed by atoms with Gasteiger partial charge in [0.2, 0.25) is 5.91 Å². The van der Waals surface area contributed by atoms with E-state index in [4.69, 9.17) is 0 Å². The van der Waals surface area contributed by atoms with Gasteiger partial charge in [-0.05, 0) is 45.4 Å². The van der Waals surface area contributed by atoms with Crippen LogP contribution in [-0.2, 0) is 11.3 Å². The van der Waals surface area contributed by atoms with Gasteiger partial charge in [-0.15, -0.1) is 0 Å². The second-order valence-electron chi connectivity index (χ2n) is 6.24. The molecule has 0 saturated heterocycles. The molecule has 5 heteroatoms. The highest BCUT2D eigenvalue weighted by Crippen LogP contribution is 2.21. The van der Waals surface area contributed by atoms with Gasteiger partial charge in [-0.25, -0.2) is 0 Å². The third kappa shape index (κ3) is 4.86. The highest BCUT2D eigenvalue weighted by molar-refractivity contribution is 5.94. The van der Waals surface area contributed by atoms with Crippen molar-refractivity contribution < 1.29 is 14.7 Å². The third-order valence-electron chi connectivity index (χ3n) is 3.71. The molecule has 0 aliphatic rings. The molecule has 0 aliphatic heterocycles. The van der Waals surface area contributed by atoms with Gasteiger partial charge in [-0.3, -0.25) is 9.59 Å². The lowest BCUT2D eigenvalue weighted by molar-refractivity contribution is -0.119. The van der Waals surface area contributed by atoms with Gasteiger partial charge >= 0.3 is 0 Å². The minimum atomic E-state index is -1.03. The van der Waals surface area contributed by atoms with E-state index in [2.05, 4.69) is 10.6 Å². The highest BCUT2D eigenvalue weighted by Gasteiger charge is 2.36. The zero-order valence-corrected chi connectivity index (χ0v) is 13.3. The van der Waals surface area contributed by atoms with Crippen molar-refractivity contribution >= 4 is 11.8 Å². The van der Waals surface area contributed by atoms with Crippen LogP contribution in [0.4, 0.5) is 0 Å². The van der Waals surface area contributed by atoms with E-state index in [0.717, 1.165) is 5.56 Å². The molecule has 1 aromatic carbocycles. The highest BCUT2D eigenvalue weighted by atomic mass is 16.3. The van der Waals surface area contributed by atoms with Crippen LogP contribution in [0.1, 0.15) is 50.5 Å². The summed E-state index contributed by atoms with van der Waals surface area (Å²) in [7, 11) is 0. The Bertz CT molecular complexity index is 513. The first-order valence-corrected chi connectivity index (χ1v) is 6.91. The summed E-state index contributed by atoms with van der Waals surface area (Å²) in [5.74, 6) is -0.336. The molecule has 1 aromatic rings. The molecular formula is C16H24N2O3. The van der Waals surface area contributed by atoms with Crippen LogP contribution in [0.15, 0.2) is 24.3 Å². The number of aliphatic hydroxyl groups is 1. The van der Waals surface area contributed by atoms with Crippen LogP contribution in [0.3, 0.4) is 0 Å². The molecule has 0 bridgehead atoms. The average Bonchev–Trinajstić information content (AvgIpc) is 2.35. The molecule has 0 radical (unpaired) electrons. The van der Waals surface area contributed by atoms with Gasteiger partial charge in [0.25, 0.3) is 5.91 Å². The first-order chi connectivity index (χ1) is 9.53. The Hall–Kier alpha value is -1.88. The number of carbonyl (C=O) groups excluding carboxylic acids is 2. The summed E-state index contributed by atoms with van der Waals surface area (Å²) < 4.78 is 0. The van der Waals surface area contributed by atoms with Crippen LogP contribution in [-0.4, -0.2) is 28.1 Å². The van der Waals surface area contributed by atoms with Crippen molar-refractivity contribution in [3.8, 4) is 0 Å². The molecule has 0 aliphatic carbocycles. The lowest BCUT2D eigenvalue weighted by Crippen LogP contribution is -2.57. The summed E-state index contributed by atoms with van der Waals surface area (Å²) in [4.78, 5) is 23.0. The maximum atomic E-state index is 12.2. The van der Waals surface area contributed by atoms with Crippen molar-refractivity contribution in [2.45, 2.75) is 52.3 Å². The molecule has 0 saturated carbocycles. The molecule has 3 N–H and O–H groups in total. The molecule has 2 amide bonds. The zero-order chi connectivity index (χ0) is 16.3. The maximum Gasteiger partial charge on any atom is 0.251 e. The van der Waals surface area contributed by atoms with Crippen molar-refractivity contribution in [2.75, 3.05) is 0 Å². The third-order valence-corrected chi connectivity index (χ3v) is 3.71. The summed E-state index contributed by atoms with van der Waals surface area (Å²) in [5.41, 5.74) is -0.352. The summed E-state index contributed by atoms with van der Waals surface area (Å²) >= 11 is 0. The first kappa shape index (κ1) is 17.2. The Balaban J connectivity index is 2.74. The largest absolute Gasteiger partial charge is 0.388 e. The summed E-state index contributed by atoms with van der Waals surface area (Å²) in [6, 6.07) is 6.99. The Morgan fingerprint density at radius 3 is 2.05 bits per heavy atom. The van der Waals surface area contributed by atoms with E-state index in [-0.39, 0.29) is 11.8 Å². The average molecular weight is 292 g/mol. The van der Waals surface area contributed by atoms with Crippen molar-refractivity contribution in [2.24, 2.45) is 0 Å². The Kier molecular flexibility index (Phi) is 5.12. The molecule has 21 heavy (non-hydrogen) atoms. The molecule has 1 rings (SSSR count). The van der Waals surface area contributed by atoms with E-state index in [1.54, 1.807) is 52.0 Å². The van der Waals surface area contributed by atoms with Crippen LogP contribution < -0.4 is 10.6 Å².